The summed E-state index contributed by atoms with van der Waals surface area (Å²) in [6.45, 7) is 1.06. The number of fused-ring (bicyclic) bond motifs is 1. The maximum Gasteiger partial charge on any atom is 0.224 e. The van der Waals surface area contributed by atoms with Crippen LogP contribution in [0.25, 0.3) is 22.2 Å². The smallest absolute Gasteiger partial charge is 0.224 e. The Bertz CT molecular complexity index is 1410. The van der Waals surface area contributed by atoms with Gasteiger partial charge in [0.05, 0.1) is 32.0 Å². The second kappa shape index (κ2) is 9.67. The fourth-order valence-corrected chi connectivity index (χ4v) is 4.04. The molecule has 5 rings (SSSR count). The van der Waals surface area contributed by atoms with Crippen LogP contribution >= 0.6 is 0 Å². The third-order valence-electron chi connectivity index (χ3n) is 5.76. The lowest BCUT2D eigenvalue weighted by Crippen LogP contribution is -2.24. The second-order valence-electron chi connectivity index (χ2n) is 8.13. The first kappa shape index (κ1) is 21.5. The highest BCUT2D eigenvalue weighted by molar-refractivity contribution is 5.88. The Hall–Kier alpha value is -4.32. The van der Waals surface area contributed by atoms with Crippen molar-refractivity contribution in [3.63, 3.8) is 0 Å². The van der Waals surface area contributed by atoms with Crippen LogP contribution < -0.4 is 10.1 Å². The van der Waals surface area contributed by atoms with Crippen molar-refractivity contribution < 1.29 is 13.9 Å². The molecule has 34 heavy (non-hydrogen) atoms. The molecule has 5 aromatic rings. The SMILES string of the molecule is COc1ccc2c(CC(=O)NCc3cn(Cc4ccccc4)nc3-c3ccccc3)coc2c1. The molecule has 0 aliphatic heterocycles. The highest BCUT2D eigenvalue weighted by Gasteiger charge is 2.15. The Morgan fingerprint density at radius 1 is 1.00 bits per heavy atom. The van der Waals surface area contributed by atoms with Crippen molar-refractivity contribution in [3.05, 3.63) is 108 Å². The molecule has 170 valence electrons. The topological polar surface area (TPSA) is 69.3 Å². The molecule has 0 aliphatic rings. The van der Waals surface area contributed by atoms with Gasteiger partial charge in [0.15, 0.2) is 0 Å². The number of methoxy groups -OCH3 is 1. The number of rotatable bonds is 8. The molecule has 0 spiro atoms. The molecule has 2 heterocycles. The molecular formula is C28H25N3O3. The molecule has 0 radical (unpaired) electrons. The lowest BCUT2D eigenvalue weighted by atomic mass is 10.1. The Morgan fingerprint density at radius 2 is 1.76 bits per heavy atom. The van der Waals surface area contributed by atoms with E-state index in [1.165, 1.54) is 5.56 Å². The van der Waals surface area contributed by atoms with E-state index >= 15 is 0 Å². The molecule has 1 amide bonds. The van der Waals surface area contributed by atoms with Gasteiger partial charge >= 0.3 is 0 Å². The van der Waals surface area contributed by atoms with Crippen LogP contribution in [-0.2, 0) is 24.3 Å². The number of carbonyl (C=O) groups excluding carboxylic acids is 1. The second-order valence-corrected chi connectivity index (χ2v) is 8.13. The molecular weight excluding hydrogens is 426 g/mol. The fraction of sp³-hybridized carbons (Fsp3) is 0.143. The van der Waals surface area contributed by atoms with Crippen LogP contribution in [0.3, 0.4) is 0 Å². The number of aromatic nitrogens is 2. The summed E-state index contributed by atoms with van der Waals surface area (Å²) in [6.07, 6.45) is 3.88. The fourth-order valence-electron chi connectivity index (χ4n) is 4.04. The standard InChI is InChI=1S/C28H25N3O3/c1-33-24-12-13-25-22(19-34-26(25)15-24)14-27(32)29-16-23-18-31(17-20-8-4-2-5-9-20)30-28(23)21-10-6-3-7-11-21/h2-13,15,18-19H,14,16-17H2,1H3,(H,29,32). The molecule has 6 nitrogen and oxygen atoms in total. The molecule has 0 atom stereocenters. The Morgan fingerprint density at radius 3 is 2.53 bits per heavy atom. The average Bonchev–Trinajstić information content (AvgIpc) is 3.47. The summed E-state index contributed by atoms with van der Waals surface area (Å²) >= 11 is 0. The number of nitrogens with one attached hydrogen (secondary N) is 1. The summed E-state index contributed by atoms with van der Waals surface area (Å²) in [5, 5.41) is 8.79. The summed E-state index contributed by atoms with van der Waals surface area (Å²) in [4.78, 5) is 12.8. The van der Waals surface area contributed by atoms with E-state index in [9.17, 15) is 4.79 Å². The van der Waals surface area contributed by atoms with Crippen molar-refractivity contribution in [1.82, 2.24) is 15.1 Å². The summed E-state index contributed by atoms with van der Waals surface area (Å²) < 4.78 is 12.8. The molecule has 0 fully saturated rings. The number of benzene rings is 3. The highest BCUT2D eigenvalue weighted by atomic mass is 16.5. The third kappa shape index (κ3) is 4.71. The van der Waals surface area contributed by atoms with Gasteiger partial charge in [-0.3, -0.25) is 9.48 Å². The number of amides is 1. The third-order valence-corrected chi connectivity index (χ3v) is 5.76. The Balaban J connectivity index is 1.32. The number of hydrogen-bond donors (Lipinski definition) is 1. The first-order chi connectivity index (χ1) is 16.7. The van der Waals surface area contributed by atoms with E-state index in [1.54, 1.807) is 13.4 Å². The van der Waals surface area contributed by atoms with Gasteiger partial charge in [-0.05, 0) is 17.7 Å². The molecule has 0 aliphatic carbocycles. The zero-order valence-electron chi connectivity index (χ0n) is 18.9. The first-order valence-corrected chi connectivity index (χ1v) is 11.2. The predicted octanol–water partition coefficient (Wildman–Crippen LogP) is 5.21. The zero-order chi connectivity index (χ0) is 23.3. The maximum atomic E-state index is 12.8. The number of nitrogens with zero attached hydrogens (tertiary/aromatic N) is 2. The van der Waals surface area contributed by atoms with Gasteiger partial charge in [-0.25, -0.2) is 0 Å². The molecule has 0 saturated heterocycles. The van der Waals surface area contributed by atoms with Crippen molar-refractivity contribution in [2.24, 2.45) is 0 Å². The highest BCUT2D eigenvalue weighted by Crippen LogP contribution is 2.26. The van der Waals surface area contributed by atoms with Crippen LogP contribution in [-0.4, -0.2) is 22.8 Å². The van der Waals surface area contributed by atoms with Crippen LogP contribution in [0.5, 0.6) is 5.75 Å². The Kier molecular flexibility index (Phi) is 6.12. The van der Waals surface area contributed by atoms with E-state index in [4.69, 9.17) is 14.3 Å². The monoisotopic (exact) mass is 451 g/mol. The van der Waals surface area contributed by atoms with Crippen LogP contribution in [0.15, 0.2) is 95.7 Å². The lowest BCUT2D eigenvalue weighted by molar-refractivity contribution is -0.120. The minimum atomic E-state index is -0.0756. The van der Waals surface area contributed by atoms with Gasteiger partial charge in [-0.1, -0.05) is 60.7 Å². The van der Waals surface area contributed by atoms with Gasteiger partial charge in [0.25, 0.3) is 0 Å². The normalized spacial score (nSPS) is 11.0. The van der Waals surface area contributed by atoms with Crippen LogP contribution in [0.2, 0.25) is 0 Å². The van der Waals surface area contributed by atoms with Crippen molar-refractivity contribution in [2.45, 2.75) is 19.5 Å². The lowest BCUT2D eigenvalue weighted by Gasteiger charge is -2.05. The van der Waals surface area contributed by atoms with Crippen molar-refractivity contribution >= 4 is 16.9 Å². The molecule has 0 saturated carbocycles. The van der Waals surface area contributed by atoms with Gasteiger partial charge < -0.3 is 14.5 Å². The quantitative estimate of drug-likeness (QED) is 0.352. The summed E-state index contributed by atoms with van der Waals surface area (Å²) in [6, 6.07) is 25.9. The van der Waals surface area contributed by atoms with Crippen LogP contribution in [0, 0.1) is 0 Å². The number of furan rings is 1. The van der Waals surface area contributed by atoms with E-state index < -0.39 is 0 Å². The largest absolute Gasteiger partial charge is 0.497 e. The number of carbonyl (C=O) groups is 1. The average molecular weight is 452 g/mol. The van der Waals surface area contributed by atoms with Crippen molar-refractivity contribution in [3.8, 4) is 17.0 Å². The molecule has 6 heteroatoms. The zero-order valence-corrected chi connectivity index (χ0v) is 18.9. The number of hydrogen-bond acceptors (Lipinski definition) is 4. The van der Waals surface area contributed by atoms with Gasteiger partial charge in [-0.15, -0.1) is 0 Å². The predicted molar refractivity (Wildman–Crippen MR) is 132 cm³/mol. The minimum Gasteiger partial charge on any atom is -0.497 e. The molecule has 1 N–H and O–H groups in total. The maximum absolute atomic E-state index is 12.8. The molecule has 3 aromatic carbocycles. The van der Waals surface area contributed by atoms with Crippen LogP contribution in [0.4, 0.5) is 0 Å². The molecule has 0 bridgehead atoms. The van der Waals surface area contributed by atoms with Gasteiger partial charge in [0, 0.05) is 40.9 Å². The van der Waals surface area contributed by atoms with E-state index in [2.05, 4.69) is 17.4 Å². The minimum absolute atomic E-state index is 0.0756. The summed E-state index contributed by atoms with van der Waals surface area (Å²) in [5.74, 6) is 0.646. The van der Waals surface area contributed by atoms with Gasteiger partial charge in [0.2, 0.25) is 5.91 Å². The summed E-state index contributed by atoms with van der Waals surface area (Å²) in [7, 11) is 1.62. The Labute approximate surface area is 197 Å². The van der Waals surface area contributed by atoms with Gasteiger partial charge in [-0.2, -0.15) is 5.10 Å². The molecule has 0 unspecified atom stereocenters. The van der Waals surface area contributed by atoms with E-state index in [0.717, 1.165) is 33.5 Å². The van der Waals surface area contributed by atoms with Crippen LogP contribution in [0.1, 0.15) is 16.7 Å². The van der Waals surface area contributed by atoms with Crippen molar-refractivity contribution in [2.75, 3.05) is 7.11 Å². The van der Waals surface area contributed by atoms with E-state index in [1.807, 2.05) is 77.6 Å². The summed E-state index contributed by atoms with van der Waals surface area (Å²) in [5.41, 5.74) is 5.58. The van der Waals surface area contributed by atoms with E-state index in [-0.39, 0.29) is 12.3 Å². The number of ether oxygens (including phenoxy) is 1. The van der Waals surface area contributed by atoms with Crippen molar-refractivity contribution in [1.29, 1.82) is 0 Å². The van der Waals surface area contributed by atoms with Gasteiger partial charge in [0.1, 0.15) is 11.3 Å². The first-order valence-electron chi connectivity index (χ1n) is 11.2. The van der Waals surface area contributed by atoms with E-state index in [0.29, 0.717) is 18.7 Å². The molecule has 2 aromatic heterocycles.